The van der Waals surface area contributed by atoms with Crippen molar-refractivity contribution in [2.45, 2.75) is 42.9 Å². The molecule has 0 radical (unpaired) electrons. The first-order valence-corrected chi connectivity index (χ1v) is 12.8. The Morgan fingerprint density at radius 1 is 1.00 bits per heavy atom. The Hall–Kier alpha value is -2.05. The summed E-state index contributed by atoms with van der Waals surface area (Å²) in [7, 11) is -3.67. The molecule has 1 spiro atoms. The van der Waals surface area contributed by atoms with Gasteiger partial charge < -0.3 is 19.1 Å². The van der Waals surface area contributed by atoms with Gasteiger partial charge in [-0.2, -0.15) is 4.31 Å². The first-order chi connectivity index (χ1) is 15.8. The van der Waals surface area contributed by atoms with Crippen LogP contribution in [-0.4, -0.2) is 93.9 Å². The largest absolute Gasteiger partial charge is 0.379 e. The van der Waals surface area contributed by atoms with Gasteiger partial charge in [0.15, 0.2) is 5.79 Å². The first kappa shape index (κ1) is 22.7. The van der Waals surface area contributed by atoms with E-state index in [1.54, 1.807) is 17.0 Å². The summed E-state index contributed by atoms with van der Waals surface area (Å²) in [5.41, 5.74) is 1.28. The van der Waals surface area contributed by atoms with Gasteiger partial charge in [-0.25, -0.2) is 8.42 Å². The number of carbonyl (C=O) groups excluding carboxylic acids is 2. The van der Waals surface area contributed by atoms with Gasteiger partial charge in [-0.1, -0.05) is 0 Å². The van der Waals surface area contributed by atoms with Gasteiger partial charge in [0.25, 0.3) is 0 Å². The second kappa shape index (κ2) is 8.62. The average Bonchev–Trinajstić information content (AvgIpc) is 3.44. The summed E-state index contributed by atoms with van der Waals surface area (Å²) in [4.78, 5) is 29.4. The Bertz CT molecular complexity index is 1040. The van der Waals surface area contributed by atoms with E-state index < -0.39 is 21.9 Å². The van der Waals surface area contributed by atoms with Crippen LogP contribution in [0.2, 0.25) is 0 Å². The predicted molar refractivity (Wildman–Crippen MR) is 117 cm³/mol. The maximum Gasteiger partial charge on any atom is 0.246 e. The van der Waals surface area contributed by atoms with Gasteiger partial charge in [-0.15, -0.1) is 0 Å². The van der Waals surface area contributed by atoms with Crippen molar-refractivity contribution < 1.29 is 32.2 Å². The summed E-state index contributed by atoms with van der Waals surface area (Å²) in [5.74, 6) is -0.961. The quantitative estimate of drug-likeness (QED) is 0.616. The number of hydrogen-bond acceptors (Lipinski definition) is 7. The molecule has 0 N–H and O–H groups in total. The predicted octanol–water partition coefficient (Wildman–Crippen LogP) is 0.351. The van der Waals surface area contributed by atoms with Crippen molar-refractivity contribution in [3.8, 4) is 0 Å². The second-order valence-electron chi connectivity index (χ2n) is 8.85. The SMILES string of the molecule is CC(=O)N1c2ccc(S(=O)(=O)N3CCOCC3)cc2C[C@H]1C(=O)N1CCC2(CC1)OCCO2. The molecular weight excluding hydrogens is 450 g/mol. The van der Waals surface area contributed by atoms with Crippen LogP contribution in [0.25, 0.3) is 0 Å². The molecule has 10 nitrogen and oxygen atoms in total. The van der Waals surface area contributed by atoms with Crippen LogP contribution in [0.15, 0.2) is 23.1 Å². The first-order valence-electron chi connectivity index (χ1n) is 11.4. The van der Waals surface area contributed by atoms with Crippen molar-refractivity contribution in [1.29, 1.82) is 0 Å². The van der Waals surface area contributed by atoms with Gasteiger partial charge in [-0.05, 0) is 23.8 Å². The molecule has 1 aromatic carbocycles. The number of carbonyl (C=O) groups is 2. The van der Waals surface area contributed by atoms with Crippen LogP contribution in [0.3, 0.4) is 0 Å². The third-order valence-corrected chi connectivity index (χ3v) is 8.81. The summed E-state index contributed by atoms with van der Waals surface area (Å²) in [6, 6.07) is 4.09. The Kier molecular flexibility index (Phi) is 5.94. The number of piperidine rings is 1. The van der Waals surface area contributed by atoms with Gasteiger partial charge in [0.2, 0.25) is 21.8 Å². The molecule has 33 heavy (non-hydrogen) atoms. The van der Waals surface area contributed by atoms with Crippen LogP contribution in [-0.2, 0) is 40.2 Å². The molecule has 5 rings (SSSR count). The highest BCUT2D eigenvalue weighted by Crippen LogP contribution is 2.37. The highest BCUT2D eigenvalue weighted by atomic mass is 32.2. The fourth-order valence-electron chi connectivity index (χ4n) is 5.18. The zero-order valence-electron chi connectivity index (χ0n) is 18.7. The third kappa shape index (κ3) is 4.06. The molecule has 1 aromatic rings. The summed E-state index contributed by atoms with van der Waals surface area (Å²) >= 11 is 0. The third-order valence-electron chi connectivity index (χ3n) is 6.92. The minimum absolute atomic E-state index is 0.133. The van der Waals surface area contributed by atoms with E-state index in [0.29, 0.717) is 76.7 Å². The van der Waals surface area contributed by atoms with Crippen LogP contribution >= 0.6 is 0 Å². The number of anilines is 1. The van der Waals surface area contributed by atoms with E-state index in [2.05, 4.69) is 0 Å². The fourth-order valence-corrected chi connectivity index (χ4v) is 6.63. The molecule has 0 saturated carbocycles. The number of hydrogen-bond donors (Lipinski definition) is 0. The average molecular weight is 480 g/mol. The van der Waals surface area contributed by atoms with E-state index in [0.717, 1.165) is 0 Å². The molecule has 0 unspecified atom stereocenters. The minimum atomic E-state index is -3.67. The Labute approximate surface area is 193 Å². The molecule has 0 aromatic heterocycles. The number of rotatable bonds is 3. The van der Waals surface area contributed by atoms with E-state index in [9.17, 15) is 18.0 Å². The number of fused-ring (bicyclic) bond motifs is 1. The lowest BCUT2D eigenvalue weighted by Crippen LogP contribution is -2.54. The number of amides is 2. The maximum atomic E-state index is 13.4. The van der Waals surface area contributed by atoms with Crippen LogP contribution in [0, 0.1) is 0 Å². The van der Waals surface area contributed by atoms with E-state index in [4.69, 9.17) is 14.2 Å². The molecule has 4 aliphatic heterocycles. The van der Waals surface area contributed by atoms with Gasteiger partial charge in [0.1, 0.15) is 6.04 Å². The molecule has 4 aliphatic rings. The van der Waals surface area contributed by atoms with Crippen LogP contribution in [0.4, 0.5) is 5.69 Å². The summed E-state index contributed by atoms with van der Waals surface area (Å²) in [6.07, 6.45) is 1.48. The van der Waals surface area contributed by atoms with E-state index in [1.165, 1.54) is 22.2 Å². The molecule has 0 aliphatic carbocycles. The summed E-state index contributed by atoms with van der Waals surface area (Å²) < 4.78 is 44.3. The molecule has 2 amide bonds. The standard InChI is InChI=1S/C22H29N3O7S/c1-16(26)25-19-3-2-18(33(28,29)24-8-10-30-11-9-24)14-17(19)15-20(25)21(27)23-6-4-22(5-7-23)31-12-13-32-22/h2-3,14,20H,4-13,15H2,1H3/t20-/m0/s1. The van der Waals surface area contributed by atoms with Crippen molar-refractivity contribution in [3.05, 3.63) is 23.8 Å². The zero-order valence-corrected chi connectivity index (χ0v) is 19.5. The molecule has 4 heterocycles. The lowest BCUT2D eigenvalue weighted by Gasteiger charge is -2.39. The highest BCUT2D eigenvalue weighted by molar-refractivity contribution is 7.89. The van der Waals surface area contributed by atoms with Crippen LogP contribution in [0.5, 0.6) is 0 Å². The Morgan fingerprint density at radius 3 is 2.30 bits per heavy atom. The summed E-state index contributed by atoms with van der Waals surface area (Å²) in [5, 5.41) is 0. The van der Waals surface area contributed by atoms with Gasteiger partial charge in [-0.3, -0.25) is 14.5 Å². The van der Waals surface area contributed by atoms with Crippen LogP contribution in [0.1, 0.15) is 25.3 Å². The van der Waals surface area contributed by atoms with Gasteiger partial charge >= 0.3 is 0 Å². The molecule has 180 valence electrons. The molecule has 11 heteroatoms. The van der Waals surface area contributed by atoms with Crippen molar-refractivity contribution in [2.75, 3.05) is 57.5 Å². The number of sulfonamides is 1. The van der Waals surface area contributed by atoms with Gasteiger partial charge in [0.05, 0.1) is 31.3 Å². The number of benzene rings is 1. The Balaban J connectivity index is 1.36. The monoisotopic (exact) mass is 479 g/mol. The van der Waals surface area contributed by atoms with E-state index >= 15 is 0 Å². The molecule has 3 fully saturated rings. The van der Waals surface area contributed by atoms with E-state index in [1.807, 2.05) is 0 Å². The van der Waals surface area contributed by atoms with E-state index in [-0.39, 0.29) is 23.1 Å². The van der Waals surface area contributed by atoms with Crippen molar-refractivity contribution in [2.24, 2.45) is 0 Å². The number of morpholine rings is 1. The van der Waals surface area contributed by atoms with Crippen molar-refractivity contribution in [1.82, 2.24) is 9.21 Å². The number of likely N-dealkylation sites (tertiary alicyclic amines) is 1. The maximum absolute atomic E-state index is 13.4. The lowest BCUT2D eigenvalue weighted by molar-refractivity contribution is -0.187. The fraction of sp³-hybridized carbons (Fsp3) is 0.636. The smallest absolute Gasteiger partial charge is 0.246 e. The van der Waals surface area contributed by atoms with Crippen molar-refractivity contribution >= 4 is 27.5 Å². The van der Waals surface area contributed by atoms with Crippen molar-refractivity contribution in [3.63, 3.8) is 0 Å². The molecule has 1 atom stereocenters. The molecule has 0 bridgehead atoms. The molecular formula is C22H29N3O7S. The lowest BCUT2D eigenvalue weighted by atomic mass is 10.0. The topological polar surface area (TPSA) is 106 Å². The normalized spacial score (nSPS) is 25.4. The molecule has 3 saturated heterocycles. The second-order valence-corrected chi connectivity index (χ2v) is 10.8. The Morgan fingerprint density at radius 2 is 1.67 bits per heavy atom. The minimum Gasteiger partial charge on any atom is -0.379 e. The number of nitrogens with zero attached hydrogens (tertiary/aromatic N) is 3. The summed E-state index contributed by atoms with van der Waals surface area (Å²) in [6.45, 7) is 4.91. The highest BCUT2D eigenvalue weighted by Gasteiger charge is 2.45. The zero-order chi connectivity index (χ0) is 23.2. The van der Waals surface area contributed by atoms with Gasteiger partial charge in [0, 0.05) is 58.1 Å². The number of ether oxygens (including phenoxy) is 3. The van der Waals surface area contributed by atoms with Crippen LogP contribution < -0.4 is 4.90 Å².